The Kier molecular flexibility index (Phi) is 6.01. The van der Waals surface area contributed by atoms with Gasteiger partial charge in [0, 0.05) is 21.4 Å². The molecule has 0 aliphatic carbocycles. The number of nitrogens with one attached hydrogen (secondary N) is 2. The molecule has 1 amide bonds. The number of nitrogens with zero attached hydrogens (tertiary/aromatic N) is 4. The van der Waals surface area contributed by atoms with Gasteiger partial charge >= 0.3 is 0 Å². The maximum absolute atomic E-state index is 12.7. The highest BCUT2D eigenvalue weighted by Crippen LogP contribution is 2.42. The average molecular weight is 463 g/mol. The monoisotopic (exact) mass is 462 g/mol. The lowest BCUT2D eigenvalue weighted by molar-refractivity contribution is -0.113. The number of thioether (sulfide) groups is 1. The Morgan fingerprint density at radius 2 is 1.74 bits per heavy atom. The van der Waals surface area contributed by atoms with Crippen molar-refractivity contribution in [2.45, 2.75) is 4.90 Å². The van der Waals surface area contributed by atoms with Crippen molar-refractivity contribution in [3.8, 4) is 28.5 Å². The number of carbonyl (C=O) groups excluding carboxylic acids is 1. The molecule has 34 heavy (non-hydrogen) atoms. The number of carbonyl (C=O) groups is 1. The summed E-state index contributed by atoms with van der Waals surface area (Å²) in [7, 11) is 0. The fourth-order valence-corrected chi connectivity index (χ4v) is 4.72. The van der Waals surface area contributed by atoms with E-state index in [1.807, 2.05) is 54.6 Å². The largest absolute Gasteiger partial charge is 0.294 e. The number of aromatic nitrogens is 4. The van der Waals surface area contributed by atoms with Crippen LogP contribution in [0, 0.1) is 11.3 Å². The van der Waals surface area contributed by atoms with Crippen LogP contribution in [-0.4, -0.2) is 31.8 Å². The van der Waals surface area contributed by atoms with Gasteiger partial charge in [-0.05, 0) is 23.8 Å². The van der Waals surface area contributed by atoms with Gasteiger partial charge in [-0.2, -0.15) is 15.3 Å². The second-order valence-electron chi connectivity index (χ2n) is 7.41. The molecule has 5 aromatic rings. The third-order valence-corrected chi connectivity index (χ3v) is 6.31. The number of anilines is 1. The smallest absolute Gasteiger partial charge is 0.237 e. The Bertz CT molecular complexity index is 1490. The summed E-state index contributed by atoms with van der Waals surface area (Å²) < 4.78 is 0. The van der Waals surface area contributed by atoms with E-state index in [0.29, 0.717) is 11.5 Å². The van der Waals surface area contributed by atoms with Crippen LogP contribution in [0.2, 0.25) is 0 Å². The number of rotatable bonds is 6. The molecule has 0 fully saturated rings. The first-order chi connectivity index (χ1) is 16.7. The molecule has 7 nitrogen and oxygen atoms in total. The summed E-state index contributed by atoms with van der Waals surface area (Å²) in [4.78, 5) is 22.5. The molecule has 2 N–H and O–H groups in total. The molecule has 0 aliphatic rings. The molecule has 0 bridgehead atoms. The lowest BCUT2D eigenvalue weighted by Crippen LogP contribution is -2.15. The van der Waals surface area contributed by atoms with Gasteiger partial charge in [0.05, 0.1) is 28.6 Å². The highest BCUT2D eigenvalue weighted by atomic mass is 32.2. The van der Waals surface area contributed by atoms with Crippen molar-refractivity contribution in [1.82, 2.24) is 20.2 Å². The minimum absolute atomic E-state index is 0.157. The van der Waals surface area contributed by atoms with Gasteiger partial charge in [0.15, 0.2) is 0 Å². The second-order valence-corrected chi connectivity index (χ2v) is 8.39. The molecular weight excluding hydrogens is 444 g/mol. The van der Waals surface area contributed by atoms with E-state index in [4.69, 9.17) is 4.98 Å². The third-order valence-electron chi connectivity index (χ3n) is 5.22. The fraction of sp³-hybridized carbons (Fsp3) is 0.0385. The lowest BCUT2D eigenvalue weighted by atomic mass is 9.98. The van der Waals surface area contributed by atoms with Crippen LogP contribution < -0.4 is 5.32 Å². The standard InChI is InChI=1S/C26H18N6OS/c27-14-17-10-12-19(13-11-17)24-25(34-15-22(33)31-26-28-16-29-32-26)23(18-6-2-1-3-7-18)20-8-4-5-9-21(20)30-24/h1-13,16H,15H2,(H2,28,29,31,32,33). The molecule has 2 aromatic heterocycles. The van der Waals surface area contributed by atoms with E-state index in [1.54, 1.807) is 12.1 Å². The number of benzene rings is 3. The van der Waals surface area contributed by atoms with Crippen molar-refractivity contribution >= 4 is 34.5 Å². The SMILES string of the molecule is N#Cc1ccc(-c2nc3ccccc3c(-c3ccccc3)c2SCC(=O)Nc2ncn[nH]2)cc1. The number of nitriles is 1. The summed E-state index contributed by atoms with van der Waals surface area (Å²) in [5, 5.41) is 19.3. The van der Waals surface area contributed by atoms with Crippen molar-refractivity contribution in [1.29, 1.82) is 5.26 Å². The number of fused-ring (bicyclic) bond motifs is 1. The zero-order valence-corrected chi connectivity index (χ0v) is 18.7. The van der Waals surface area contributed by atoms with Crippen LogP contribution >= 0.6 is 11.8 Å². The van der Waals surface area contributed by atoms with E-state index in [-0.39, 0.29) is 11.7 Å². The maximum atomic E-state index is 12.7. The van der Waals surface area contributed by atoms with Gasteiger partial charge < -0.3 is 0 Å². The van der Waals surface area contributed by atoms with Gasteiger partial charge in [0.2, 0.25) is 11.9 Å². The number of amides is 1. The first kappa shape index (κ1) is 21.4. The summed E-state index contributed by atoms with van der Waals surface area (Å²) in [6.07, 6.45) is 1.34. The molecule has 0 spiro atoms. The molecule has 0 unspecified atom stereocenters. The first-order valence-electron chi connectivity index (χ1n) is 10.5. The summed E-state index contributed by atoms with van der Waals surface area (Å²) in [6.45, 7) is 0. The molecule has 0 radical (unpaired) electrons. The molecule has 2 heterocycles. The lowest BCUT2D eigenvalue weighted by Gasteiger charge is -2.17. The van der Waals surface area contributed by atoms with Crippen LogP contribution in [0.3, 0.4) is 0 Å². The maximum Gasteiger partial charge on any atom is 0.237 e. The van der Waals surface area contributed by atoms with Crippen LogP contribution in [-0.2, 0) is 4.79 Å². The van der Waals surface area contributed by atoms with Crippen LogP contribution in [0.4, 0.5) is 5.95 Å². The van der Waals surface area contributed by atoms with E-state index < -0.39 is 0 Å². The number of pyridine rings is 1. The quantitative estimate of drug-likeness (QED) is 0.332. The Morgan fingerprint density at radius 3 is 2.47 bits per heavy atom. The number of hydrogen-bond donors (Lipinski definition) is 2. The summed E-state index contributed by atoms with van der Waals surface area (Å²) >= 11 is 1.42. The summed E-state index contributed by atoms with van der Waals surface area (Å²) in [6, 6.07) is 27.6. The predicted octanol–water partition coefficient (Wildman–Crippen LogP) is 5.29. The van der Waals surface area contributed by atoms with E-state index in [2.05, 4.69) is 38.7 Å². The topological polar surface area (TPSA) is 107 Å². The van der Waals surface area contributed by atoms with E-state index in [9.17, 15) is 10.1 Å². The Balaban J connectivity index is 1.65. The first-order valence-corrected chi connectivity index (χ1v) is 11.5. The molecule has 3 aromatic carbocycles. The molecular formula is C26H18N6OS. The zero-order valence-electron chi connectivity index (χ0n) is 17.9. The molecule has 0 saturated carbocycles. The Labute approximate surface area is 199 Å². The molecule has 164 valence electrons. The number of H-pyrrole nitrogens is 1. The molecule has 5 rings (SSSR count). The zero-order chi connectivity index (χ0) is 23.3. The van der Waals surface area contributed by atoms with Crippen LogP contribution in [0.25, 0.3) is 33.3 Å². The summed E-state index contributed by atoms with van der Waals surface area (Å²) in [5.74, 6) is 0.252. The van der Waals surface area contributed by atoms with Crippen molar-refractivity contribution in [3.05, 3.63) is 90.8 Å². The number of aromatic amines is 1. The third kappa shape index (κ3) is 4.37. The van der Waals surface area contributed by atoms with Gasteiger partial charge in [-0.1, -0.05) is 60.7 Å². The fourth-order valence-electron chi connectivity index (χ4n) is 3.70. The van der Waals surface area contributed by atoms with E-state index >= 15 is 0 Å². The molecule has 0 aliphatic heterocycles. The molecule has 0 atom stereocenters. The van der Waals surface area contributed by atoms with E-state index in [1.165, 1.54) is 18.1 Å². The minimum atomic E-state index is -0.209. The highest BCUT2D eigenvalue weighted by molar-refractivity contribution is 8.00. The van der Waals surface area contributed by atoms with Gasteiger partial charge in [-0.25, -0.2) is 10.1 Å². The highest BCUT2D eigenvalue weighted by Gasteiger charge is 2.20. The molecule has 0 saturated heterocycles. The van der Waals surface area contributed by atoms with Gasteiger partial charge in [-0.15, -0.1) is 11.8 Å². The summed E-state index contributed by atoms with van der Waals surface area (Å²) in [5.41, 5.74) is 5.13. The van der Waals surface area contributed by atoms with Crippen molar-refractivity contribution in [3.63, 3.8) is 0 Å². The molecule has 8 heteroatoms. The predicted molar refractivity (Wildman–Crippen MR) is 133 cm³/mol. The minimum Gasteiger partial charge on any atom is -0.294 e. The number of para-hydroxylation sites is 1. The van der Waals surface area contributed by atoms with Crippen LogP contribution in [0.15, 0.2) is 90.1 Å². The van der Waals surface area contributed by atoms with Crippen molar-refractivity contribution in [2.24, 2.45) is 0 Å². The number of hydrogen-bond acceptors (Lipinski definition) is 6. The Morgan fingerprint density at radius 1 is 0.971 bits per heavy atom. The average Bonchev–Trinajstić information content (AvgIpc) is 3.40. The van der Waals surface area contributed by atoms with Gasteiger partial charge in [0.1, 0.15) is 6.33 Å². The van der Waals surface area contributed by atoms with Crippen molar-refractivity contribution < 1.29 is 4.79 Å². The normalized spacial score (nSPS) is 10.7. The van der Waals surface area contributed by atoms with E-state index in [0.717, 1.165) is 38.2 Å². The Hall–Kier alpha value is -4.48. The van der Waals surface area contributed by atoms with Crippen LogP contribution in [0.1, 0.15) is 5.56 Å². The van der Waals surface area contributed by atoms with Crippen LogP contribution in [0.5, 0.6) is 0 Å². The van der Waals surface area contributed by atoms with Gasteiger partial charge in [0.25, 0.3) is 0 Å². The van der Waals surface area contributed by atoms with Crippen molar-refractivity contribution in [2.75, 3.05) is 11.1 Å². The second kappa shape index (κ2) is 9.57. The van der Waals surface area contributed by atoms with Gasteiger partial charge in [-0.3, -0.25) is 10.1 Å².